The van der Waals surface area contributed by atoms with Gasteiger partial charge in [-0.15, -0.1) is 0 Å². The maximum Gasteiger partial charge on any atom is 0.335 e. The first-order valence-electron chi connectivity index (χ1n) is 7.49. The van der Waals surface area contributed by atoms with E-state index in [4.69, 9.17) is 14.2 Å². The standard InChI is InChI=1S/C19H12O6/c1-10(20)23-16-8-12(19(21)22)6-11-7-17-18(9-13(11)16)25-15-5-3-2-4-14(15)24-17/h2-9H,1H3,(H,21,22). The van der Waals surface area contributed by atoms with E-state index in [0.717, 1.165) is 0 Å². The van der Waals surface area contributed by atoms with Crippen LogP contribution in [0.25, 0.3) is 10.8 Å². The SMILES string of the molecule is CC(=O)Oc1cc(C(=O)O)cc2cc3c(cc12)Oc1ccccc1O3. The van der Waals surface area contributed by atoms with Crippen LogP contribution < -0.4 is 14.2 Å². The summed E-state index contributed by atoms with van der Waals surface area (Å²) in [7, 11) is 0. The summed E-state index contributed by atoms with van der Waals surface area (Å²) in [5.41, 5.74) is 0.0147. The molecule has 4 rings (SSSR count). The number of hydrogen-bond acceptors (Lipinski definition) is 5. The van der Waals surface area contributed by atoms with Crippen molar-refractivity contribution >= 4 is 22.7 Å². The quantitative estimate of drug-likeness (QED) is 0.432. The summed E-state index contributed by atoms with van der Waals surface area (Å²) < 4.78 is 16.8. The number of carboxylic acid groups (broad SMARTS) is 1. The minimum atomic E-state index is -1.12. The second kappa shape index (κ2) is 5.52. The molecule has 3 aromatic rings. The van der Waals surface area contributed by atoms with E-state index in [1.165, 1.54) is 19.1 Å². The number of para-hydroxylation sites is 2. The smallest absolute Gasteiger partial charge is 0.335 e. The Kier molecular flexibility index (Phi) is 3.32. The Morgan fingerprint density at radius 3 is 2.16 bits per heavy atom. The first-order valence-corrected chi connectivity index (χ1v) is 7.49. The van der Waals surface area contributed by atoms with E-state index in [1.807, 2.05) is 12.1 Å². The zero-order valence-electron chi connectivity index (χ0n) is 13.1. The van der Waals surface area contributed by atoms with Crippen LogP contribution in [0.15, 0.2) is 48.5 Å². The molecule has 0 atom stereocenters. The van der Waals surface area contributed by atoms with E-state index in [-0.39, 0.29) is 11.3 Å². The largest absolute Gasteiger partial charge is 0.478 e. The summed E-state index contributed by atoms with van der Waals surface area (Å²) in [6.45, 7) is 1.26. The highest BCUT2D eigenvalue weighted by molar-refractivity contribution is 6.00. The van der Waals surface area contributed by atoms with Gasteiger partial charge in [0.15, 0.2) is 23.0 Å². The predicted molar refractivity (Wildman–Crippen MR) is 88.8 cm³/mol. The molecule has 1 N–H and O–H groups in total. The number of carboxylic acids is 1. The second-order valence-corrected chi connectivity index (χ2v) is 5.54. The molecule has 0 bridgehead atoms. The molecule has 3 aromatic carbocycles. The first kappa shape index (κ1) is 15.0. The average molecular weight is 336 g/mol. The Labute approximate surface area is 142 Å². The summed E-state index contributed by atoms with van der Waals surface area (Å²) in [6.07, 6.45) is 0. The Balaban J connectivity index is 1.91. The number of benzene rings is 3. The van der Waals surface area contributed by atoms with Crippen molar-refractivity contribution in [3.63, 3.8) is 0 Å². The number of carbonyl (C=O) groups is 2. The van der Waals surface area contributed by atoms with E-state index in [0.29, 0.717) is 33.8 Å². The second-order valence-electron chi connectivity index (χ2n) is 5.54. The van der Waals surface area contributed by atoms with E-state index in [1.54, 1.807) is 24.3 Å². The lowest BCUT2D eigenvalue weighted by atomic mass is 10.0. The Morgan fingerprint density at radius 1 is 0.920 bits per heavy atom. The number of esters is 1. The molecule has 0 saturated heterocycles. The molecule has 1 heterocycles. The average Bonchev–Trinajstić information content (AvgIpc) is 2.57. The first-order chi connectivity index (χ1) is 12.0. The molecule has 124 valence electrons. The van der Waals surface area contributed by atoms with Crippen molar-refractivity contribution in [2.75, 3.05) is 0 Å². The van der Waals surface area contributed by atoms with E-state index in [9.17, 15) is 14.7 Å². The van der Waals surface area contributed by atoms with Gasteiger partial charge in [-0.2, -0.15) is 0 Å². The lowest BCUT2D eigenvalue weighted by Gasteiger charge is -2.21. The lowest BCUT2D eigenvalue weighted by Crippen LogP contribution is -2.05. The zero-order valence-corrected chi connectivity index (χ0v) is 13.1. The third-order valence-corrected chi connectivity index (χ3v) is 3.77. The molecule has 1 aliphatic rings. The van der Waals surface area contributed by atoms with Crippen molar-refractivity contribution < 1.29 is 28.9 Å². The molecule has 0 aliphatic carbocycles. The fraction of sp³-hybridized carbons (Fsp3) is 0.0526. The van der Waals surface area contributed by atoms with Gasteiger partial charge in [-0.25, -0.2) is 4.79 Å². The van der Waals surface area contributed by atoms with Crippen LogP contribution >= 0.6 is 0 Å². The maximum atomic E-state index is 11.4. The third-order valence-electron chi connectivity index (χ3n) is 3.77. The van der Waals surface area contributed by atoms with Crippen molar-refractivity contribution in [2.24, 2.45) is 0 Å². The molecule has 0 amide bonds. The molecule has 0 saturated carbocycles. The summed E-state index contributed by atoms with van der Waals surface area (Å²) in [5, 5.41) is 10.4. The van der Waals surface area contributed by atoms with Gasteiger partial charge in [-0.05, 0) is 41.8 Å². The van der Waals surface area contributed by atoms with Gasteiger partial charge in [0.25, 0.3) is 0 Å². The number of aromatic carboxylic acids is 1. The molecule has 0 radical (unpaired) electrons. The molecule has 0 fully saturated rings. The van der Waals surface area contributed by atoms with Gasteiger partial charge in [-0.3, -0.25) is 4.79 Å². The molecule has 6 nitrogen and oxygen atoms in total. The fourth-order valence-corrected chi connectivity index (χ4v) is 2.71. The van der Waals surface area contributed by atoms with Gasteiger partial charge in [0.1, 0.15) is 5.75 Å². The van der Waals surface area contributed by atoms with Crippen LogP contribution in [0.4, 0.5) is 0 Å². The lowest BCUT2D eigenvalue weighted by molar-refractivity contribution is -0.131. The Bertz CT molecular complexity index is 1040. The molecule has 25 heavy (non-hydrogen) atoms. The van der Waals surface area contributed by atoms with Crippen molar-refractivity contribution in [3.05, 3.63) is 54.1 Å². The van der Waals surface area contributed by atoms with Crippen LogP contribution in [0.3, 0.4) is 0 Å². The van der Waals surface area contributed by atoms with Crippen LogP contribution in [0.1, 0.15) is 17.3 Å². The van der Waals surface area contributed by atoms with E-state index >= 15 is 0 Å². The monoisotopic (exact) mass is 336 g/mol. The number of fused-ring (bicyclic) bond motifs is 3. The third kappa shape index (κ3) is 2.63. The van der Waals surface area contributed by atoms with E-state index in [2.05, 4.69) is 0 Å². The summed E-state index contributed by atoms with van der Waals surface area (Å²) in [6, 6.07) is 13.4. The van der Waals surface area contributed by atoms with Crippen molar-refractivity contribution in [1.82, 2.24) is 0 Å². The Hall–Kier alpha value is -3.54. The van der Waals surface area contributed by atoms with Gasteiger partial charge in [0.05, 0.1) is 5.56 Å². The summed E-state index contributed by atoms with van der Waals surface area (Å²) >= 11 is 0. The number of rotatable bonds is 2. The highest BCUT2D eigenvalue weighted by atomic mass is 16.6. The van der Waals surface area contributed by atoms with Gasteiger partial charge in [0.2, 0.25) is 0 Å². The van der Waals surface area contributed by atoms with Gasteiger partial charge < -0.3 is 19.3 Å². The number of hydrogen-bond donors (Lipinski definition) is 1. The van der Waals surface area contributed by atoms with Gasteiger partial charge >= 0.3 is 11.9 Å². The summed E-state index contributed by atoms with van der Waals surface area (Å²) in [5.74, 6) is 0.576. The molecule has 0 aromatic heterocycles. The van der Waals surface area contributed by atoms with Crippen LogP contribution in [0.5, 0.6) is 28.7 Å². The number of carbonyl (C=O) groups excluding carboxylic acids is 1. The van der Waals surface area contributed by atoms with Crippen LogP contribution in [0.2, 0.25) is 0 Å². The fourth-order valence-electron chi connectivity index (χ4n) is 2.71. The van der Waals surface area contributed by atoms with Gasteiger partial charge in [-0.1, -0.05) is 12.1 Å². The molecule has 1 aliphatic heterocycles. The molecular weight excluding hydrogens is 324 g/mol. The highest BCUT2D eigenvalue weighted by Gasteiger charge is 2.21. The topological polar surface area (TPSA) is 82.1 Å². The van der Waals surface area contributed by atoms with Crippen molar-refractivity contribution in [1.29, 1.82) is 0 Å². The normalized spacial score (nSPS) is 11.7. The predicted octanol–water partition coefficient (Wildman–Crippen LogP) is 4.36. The van der Waals surface area contributed by atoms with Crippen molar-refractivity contribution in [3.8, 4) is 28.7 Å². The highest BCUT2D eigenvalue weighted by Crippen LogP contribution is 2.47. The molecule has 0 spiro atoms. The minimum Gasteiger partial charge on any atom is -0.478 e. The van der Waals surface area contributed by atoms with Crippen LogP contribution in [-0.4, -0.2) is 17.0 Å². The molecule has 0 unspecified atom stereocenters. The Morgan fingerprint density at radius 2 is 1.56 bits per heavy atom. The summed E-state index contributed by atoms with van der Waals surface area (Å²) in [4.78, 5) is 22.7. The van der Waals surface area contributed by atoms with Crippen LogP contribution in [0, 0.1) is 0 Å². The van der Waals surface area contributed by atoms with Crippen molar-refractivity contribution in [2.45, 2.75) is 6.92 Å². The van der Waals surface area contributed by atoms with Gasteiger partial charge in [0, 0.05) is 12.3 Å². The van der Waals surface area contributed by atoms with E-state index < -0.39 is 11.9 Å². The van der Waals surface area contributed by atoms with Crippen LogP contribution in [-0.2, 0) is 4.79 Å². The molecule has 6 heteroatoms. The number of ether oxygens (including phenoxy) is 3. The molecular formula is C19H12O6. The maximum absolute atomic E-state index is 11.4. The zero-order chi connectivity index (χ0) is 17.6. The minimum absolute atomic E-state index is 0.0147.